The molecule has 0 saturated carbocycles. The van der Waals surface area contributed by atoms with Crippen molar-refractivity contribution in [2.45, 2.75) is 38.7 Å². The molecule has 0 spiro atoms. The first-order chi connectivity index (χ1) is 12.0. The summed E-state index contributed by atoms with van der Waals surface area (Å²) in [6.45, 7) is 5.56. The van der Waals surface area contributed by atoms with E-state index in [4.69, 9.17) is 31.9 Å². The first-order valence-electron chi connectivity index (χ1n) is 8.85. The van der Waals surface area contributed by atoms with E-state index in [0.29, 0.717) is 16.7 Å². The maximum absolute atomic E-state index is 11.2. The van der Waals surface area contributed by atoms with Gasteiger partial charge in [0.05, 0.1) is 10.7 Å². The number of likely N-dealkylation sites (tertiary alicyclic amines) is 1. The number of ether oxygens (including phenoxy) is 2. The number of benzene rings is 1. The van der Waals surface area contributed by atoms with Crippen LogP contribution in [0.15, 0.2) is 6.07 Å². The van der Waals surface area contributed by atoms with Crippen molar-refractivity contribution in [2.75, 3.05) is 32.0 Å². The molecule has 6 nitrogen and oxygen atoms in total. The summed E-state index contributed by atoms with van der Waals surface area (Å²) in [6.07, 6.45) is 3.23. The molecule has 2 heterocycles. The first kappa shape index (κ1) is 20.9. The van der Waals surface area contributed by atoms with E-state index in [2.05, 4.69) is 11.8 Å². The normalized spacial score (nSPS) is 20.5. The fraction of sp³-hybridized carbons (Fsp3) is 0.611. The lowest BCUT2D eigenvalue weighted by Gasteiger charge is -2.33. The number of fused-ring (bicyclic) bond motifs is 1. The van der Waals surface area contributed by atoms with Crippen molar-refractivity contribution in [1.29, 1.82) is 0 Å². The summed E-state index contributed by atoms with van der Waals surface area (Å²) in [4.78, 5) is 13.7. The second-order valence-corrected chi connectivity index (χ2v) is 7.24. The van der Waals surface area contributed by atoms with Crippen LogP contribution in [0, 0.1) is 5.92 Å². The van der Waals surface area contributed by atoms with Crippen molar-refractivity contribution in [3.63, 3.8) is 0 Å². The van der Waals surface area contributed by atoms with Crippen LogP contribution in [0.25, 0.3) is 0 Å². The highest BCUT2D eigenvalue weighted by Gasteiger charge is 2.32. The molecule has 1 fully saturated rings. The molecule has 146 valence electrons. The SMILES string of the molecule is CCCN1CCC(Cc2cc(Cl)c(N)c3c2OCC(C(=O)O)O3)CC1.Cl. The van der Waals surface area contributed by atoms with Crippen LogP contribution >= 0.6 is 24.0 Å². The Bertz CT molecular complexity index is 649. The molecule has 1 saturated heterocycles. The van der Waals surface area contributed by atoms with Crippen molar-refractivity contribution < 1.29 is 19.4 Å². The molecule has 0 amide bonds. The average molecular weight is 405 g/mol. The van der Waals surface area contributed by atoms with Gasteiger partial charge >= 0.3 is 5.97 Å². The number of piperidine rings is 1. The third-order valence-corrected chi connectivity index (χ3v) is 5.28. The lowest BCUT2D eigenvalue weighted by atomic mass is 9.89. The molecule has 3 N–H and O–H groups in total. The highest BCUT2D eigenvalue weighted by Crippen LogP contribution is 2.45. The van der Waals surface area contributed by atoms with Crippen molar-refractivity contribution >= 4 is 35.7 Å². The van der Waals surface area contributed by atoms with E-state index in [-0.39, 0.29) is 30.5 Å². The van der Waals surface area contributed by atoms with Gasteiger partial charge in [0.25, 0.3) is 0 Å². The Morgan fingerprint density at radius 3 is 2.69 bits per heavy atom. The molecule has 0 aromatic heterocycles. The van der Waals surface area contributed by atoms with E-state index in [1.54, 1.807) is 0 Å². The summed E-state index contributed by atoms with van der Waals surface area (Å²) in [5.74, 6) is 0.299. The maximum atomic E-state index is 11.2. The van der Waals surface area contributed by atoms with E-state index in [9.17, 15) is 4.79 Å². The minimum atomic E-state index is -1.07. The number of carboxylic acid groups (broad SMARTS) is 1. The molecule has 1 atom stereocenters. The summed E-state index contributed by atoms with van der Waals surface area (Å²) < 4.78 is 11.3. The highest BCUT2D eigenvalue weighted by molar-refractivity contribution is 6.33. The number of carboxylic acids is 1. The van der Waals surface area contributed by atoms with Crippen LogP contribution in [0.3, 0.4) is 0 Å². The van der Waals surface area contributed by atoms with E-state index in [0.717, 1.165) is 44.5 Å². The number of aliphatic carboxylic acids is 1. The standard InChI is InChI=1S/C18H25ClN2O4.ClH/c1-2-5-21-6-3-11(4-7-21)8-12-9-13(19)15(20)17-16(12)24-10-14(25-17)18(22)23;/h9,11,14H,2-8,10,20H2,1H3,(H,22,23);1H. The third-order valence-electron chi connectivity index (χ3n) is 4.97. The predicted molar refractivity (Wildman–Crippen MR) is 104 cm³/mol. The number of nitrogens with two attached hydrogens (primary N) is 1. The molecule has 2 aliphatic rings. The van der Waals surface area contributed by atoms with Gasteiger partial charge < -0.3 is 25.2 Å². The number of nitrogen functional groups attached to an aromatic ring is 1. The topological polar surface area (TPSA) is 85.0 Å². The third kappa shape index (κ3) is 4.48. The quantitative estimate of drug-likeness (QED) is 0.732. The monoisotopic (exact) mass is 404 g/mol. The zero-order chi connectivity index (χ0) is 18.0. The van der Waals surface area contributed by atoms with Gasteiger partial charge in [-0.3, -0.25) is 0 Å². The van der Waals surface area contributed by atoms with Crippen molar-refractivity contribution in [2.24, 2.45) is 5.92 Å². The number of nitrogens with zero attached hydrogens (tertiary/aromatic N) is 1. The molecule has 26 heavy (non-hydrogen) atoms. The van der Waals surface area contributed by atoms with Gasteiger partial charge in [-0.1, -0.05) is 18.5 Å². The molecular weight excluding hydrogens is 379 g/mol. The second-order valence-electron chi connectivity index (χ2n) is 6.83. The number of halogens is 2. The number of hydrogen-bond acceptors (Lipinski definition) is 5. The number of hydrogen-bond donors (Lipinski definition) is 2. The number of anilines is 1. The van der Waals surface area contributed by atoms with E-state index >= 15 is 0 Å². The second kappa shape index (κ2) is 9.02. The first-order valence-corrected chi connectivity index (χ1v) is 9.22. The maximum Gasteiger partial charge on any atom is 0.348 e. The molecule has 0 bridgehead atoms. The average Bonchev–Trinajstić information content (AvgIpc) is 2.61. The Kier molecular flexibility index (Phi) is 7.26. The Morgan fingerprint density at radius 2 is 2.08 bits per heavy atom. The molecular formula is C18H26Cl2N2O4. The van der Waals surface area contributed by atoms with Crippen molar-refractivity contribution in [3.8, 4) is 11.5 Å². The smallest absolute Gasteiger partial charge is 0.348 e. The molecule has 0 aliphatic carbocycles. The summed E-state index contributed by atoms with van der Waals surface area (Å²) in [5.41, 5.74) is 7.17. The molecule has 1 unspecified atom stereocenters. The van der Waals surface area contributed by atoms with Gasteiger partial charge in [0.2, 0.25) is 6.10 Å². The Morgan fingerprint density at radius 1 is 1.38 bits per heavy atom. The predicted octanol–water partition coefficient (Wildman–Crippen LogP) is 3.23. The van der Waals surface area contributed by atoms with Gasteiger partial charge in [0, 0.05) is 0 Å². The van der Waals surface area contributed by atoms with Crippen LogP contribution in [0.2, 0.25) is 5.02 Å². The zero-order valence-electron chi connectivity index (χ0n) is 14.9. The lowest BCUT2D eigenvalue weighted by molar-refractivity contribution is -0.147. The molecule has 0 radical (unpaired) electrons. The van der Waals surface area contributed by atoms with Crippen LogP contribution < -0.4 is 15.2 Å². The summed E-state index contributed by atoms with van der Waals surface area (Å²) >= 11 is 6.24. The van der Waals surface area contributed by atoms with Crippen LogP contribution in [-0.2, 0) is 11.2 Å². The fourth-order valence-electron chi connectivity index (χ4n) is 3.60. The minimum absolute atomic E-state index is 0. The van der Waals surface area contributed by atoms with Crippen LogP contribution in [-0.4, -0.2) is 48.3 Å². The van der Waals surface area contributed by atoms with Gasteiger partial charge in [0.1, 0.15) is 6.61 Å². The van der Waals surface area contributed by atoms with Crippen LogP contribution in [0.1, 0.15) is 31.7 Å². The number of rotatable bonds is 5. The fourth-order valence-corrected chi connectivity index (χ4v) is 3.82. The molecule has 3 rings (SSSR count). The Labute approximate surface area is 165 Å². The van der Waals surface area contributed by atoms with Gasteiger partial charge in [-0.15, -0.1) is 12.4 Å². The van der Waals surface area contributed by atoms with E-state index in [1.807, 2.05) is 6.07 Å². The van der Waals surface area contributed by atoms with Crippen molar-refractivity contribution in [1.82, 2.24) is 4.90 Å². The van der Waals surface area contributed by atoms with Gasteiger partial charge in [-0.05, 0) is 62.9 Å². The summed E-state index contributed by atoms with van der Waals surface area (Å²) in [6, 6.07) is 1.83. The molecule has 2 aliphatic heterocycles. The van der Waals surface area contributed by atoms with Crippen molar-refractivity contribution in [3.05, 3.63) is 16.7 Å². The van der Waals surface area contributed by atoms with Gasteiger partial charge in [0.15, 0.2) is 11.5 Å². The van der Waals surface area contributed by atoms with Crippen LogP contribution in [0.5, 0.6) is 11.5 Å². The Hall–Kier alpha value is -1.37. The van der Waals surface area contributed by atoms with Crippen LogP contribution in [0.4, 0.5) is 5.69 Å². The Balaban J connectivity index is 0.00000243. The molecule has 8 heteroatoms. The number of carbonyl (C=O) groups is 1. The minimum Gasteiger partial charge on any atom is -0.485 e. The summed E-state index contributed by atoms with van der Waals surface area (Å²) in [7, 11) is 0. The lowest BCUT2D eigenvalue weighted by Crippen LogP contribution is -2.37. The highest BCUT2D eigenvalue weighted by atomic mass is 35.5. The van der Waals surface area contributed by atoms with Gasteiger partial charge in [-0.2, -0.15) is 0 Å². The zero-order valence-corrected chi connectivity index (χ0v) is 16.4. The molecule has 1 aromatic rings. The van der Waals surface area contributed by atoms with E-state index < -0.39 is 12.1 Å². The summed E-state index contributed by atoms with van der Waals surface area (Å²) in [5, 5.41) is 9.52. The largest absolute Gasteiger partial charge is 0.485 e. The van der Waals surface area contributed by atoms with Gasteiger partial charge in [-0.25, -0.2) is 4.79 Å². The van der Waals surface area contributed by atoms with E-state index in [1.165, 1.54) is 6.42 Å². The molecule has 1 aromatic carbocycles.